The van der Waals surface area contributed by atoms with Crippen LogP contribution < -0.4 is 0 Å². The summed E-state index contributed by atoms with van der Waals surface area (Å²) < 4.78 is 28.8. The molecule has 108 valence electrons. The van der Waals surface area contributed by atoms with Gasteiger partial charge in [-0.1, -0.05) is 16.8 Å². The minimum Gasteiger partial charge on any atom is -0.345 e. The SMILES string of the molecule is CCOC(OCC)c1nc(-c2ccc(F)cc2Cl)no1. The standard InChI is InChI=1S/C13H14ClFN2O3/c1-3-18-13(19-4-2)12-16-11(17-20-12)9-6-5-8(15)7-10(9)14/h5-7,13H,3-4H2,1-2H3. The lowest BCUT2D eigenvalue weighted by Crippen LogP contribution is -2.09. The molecule has 0 atom stereocenters. The molecule has 0 aliphatic rings. The molecule has 1 aromatic carbocycles. The summed E-state index contributed by atoms with van der Waals surface area (Å²) >= 11 is 5.95. The van der Waals surface area contributed by atoms with E-state index >= 15 is 0 Å². The molecular formula is C13H14ClFN2O3. The molecule has 1 aromatic heterocycles. The fourth-order valence-corrected chi connectivity index (χ4v) is 1.86. The van der Waals surface area contributed by atoms with Crippen molar-refractivity contribution in [1.82, 2.24) is 10.1 Å². The molecule has 0 amide bonds. The smallest absolute Gasteiger partial charge is 0.283 e. The maximum Gasteiger partial charge on any atom is 0.283 e. The summed E-state index contributed by atoms with van der Waals surface area (Å²) in [5.41, 5.74) is 0.481. The fraction of sp³-hybridized carbons (Fsp3) is 0.385. The van der Waals surface area contributed by atoms with Gasteiger partial charge in [-0.25, -0.2) is 4.39 Å². The maximum atomic E-state index is 13.0. The van der Waals surface area contributed by atoms with E-state index in [4.69, 9.17) is 25.6 Å². The van der Waals surface area contributed by atoms with E-state index in [1.165, 1.54) is 18.2 Å². The van der Waals surface area contributed by atoms with Crippen molar-refractivity contribution in [2.45, 2.75) is 20.1 Å². The van der Waals surface area contributed by atoms with Gasteiger partial charge in [-0.05, 0) is 32.0 Å². The lowest BCUT2D eigenvalue weighted by Gasteiger charge is -2.11. The van der Waals surface area contributed by atoms with E-state index in [9.17, 15) is 4.39 Å². The van der Waals surface area contributed by atoms with Crippen molar-refractivity contribution in [2.24, 2.45) is 0 Å². The summed E-state index contributed by atoms with van der Waals surface area (Å²) in [6, 6.07) is 3.96. The zero-order valence-corrected chi connectivity index (χ0v) is 11.9. The van der Waals surface area contributed by atoms with Crippen LogP contribution in [0, 0.1) is 5.82 Å². The van der Waals surface area contributed by atoms with Crippen LogP contribution in [-0.4, -0.2) is 23.4 Å². The number of hydrogen-bond donors (Lipinski definition) is 0. The van der Waals surface area contributed by atoms with Crippen LogP contribution in [0.2, 0.25) is 5.02 Å². The third-order valence-electron chi connectivity index (χ3n) is 2.45. The average Bonchev–Trinajstić information content (AvgIpc) is 2.88. The molecule has 0 saturated heterocycles. The first-order valence-corrected chi connectivity index (χ1v) is 6.55. The fourth-order valence-electron chi connectivity index (χ4n) is 1.60. The van der Waals surface area contributed by atoms with Crippen molar-refractivity contribution in [3.8, 4) is 11.4 Å². The highest BCUT2D eigenvalue weighted by atomic mass is 35.5. The molecule has 20 heavy (non-hydrogen) atoms. The Morgan fingerprint density at radius 2 is 2.00 bits per heavy atom. The van der Waals surface area contributed by atoms with Gasteiger partial charge in [0, 0.05) is 18.8 Å². The molecule has 0 aliphatic carbocycles. The Bertz CT molecular complexity index is 570. The molecule has 0 unspecified atom stereocenters. The van der Waals surface area contributed by atoms with E-state index in [1.54, 1.807) is 0 Å². The van der Waals surface area contributed by atoms with Crippen molar-refractivity contribution in [3.63, 3.8) is 0 Å². The summed E-state index contributed by atoms with van der Waals surface area (Å²) in [7, 11) is 0. The van der Waals surface area contributed by atoms with Crippen LogP contribution in [-0.2, 0) is 9.47 Å². The molecule has 0 aliphatic heterocycles. The van der Waals surface area contributed by atoms with Gasteiger partial charge in [-0.2, -0.15) is 4.98 Å². The zero-order chi connectivity index (χ0) is 14.5. The topological polar surface area (TPSA) is 57.4 Å². The Kier molecular flexibility index (Phi) is 5.05. The summed E-state index contributed by atoms with van der Waals surface area (Å²) in [4.78, 5) is 4.17. The molecule has 1 heterocycles. The van der Waals surface area contributed by atoms with Gasteiger partial charge in [0.2, 0.25) is 12.1 Å². The van der Waals surface area contributed by atoms with Crippen LogP contribution in [0.1, 0.15) is 26.0 Å². The van der Waals surface area contributed by atoms with E-state index in [0.29, 0.717) is 18.8 Å². The lowest BCUT2D eigenvalue weighted by atomic mass is 10.2. The van der Waals surface area contributed by atoms with Crippen LogP contribution in [0.3, 0.4) is 0 Å². The van der Waals surface area contributed by atoms with Gasteiger partial charge in [0.1, 0.15) is 5.82 Å². The van der Waals surface area contributed by atoms with Crippen LogP contribution in [0.15, 0.2) is 22.7 Å². The first-order valence-electron chi connectivity index (χ1n) is 6.18. The van der Waals surface area contributed by atoms with E-state index < -0.39 is 12.1 Å². The molecule has 0 radical (unpaired) electrons. The summed E-state index contributed by atoms with van der Waals surface area (Å²) in [5.74, 6) is 0.0301. The molecule has 0 bridgehead atoms. The predicted molar refractivity (Wildman–Crippen MR) is 70.7 cm³/mol. The second-order valence-electron chi connectivity index (χ2n) is 3.82. The Morgan fingerprint density at radius 1 is 1.30 bits per heavy atom. The maximum absolute atomic E-state index is 13.0. The van der Waals surface area contributed by atoms with Crippen molar-refractivity contribution in [2.75, 3.05) is 13.2 Å². The van der Waals surface area contributed by atoms with E-state index in [-0.39, 0.29) is 16.7 Å². The average molecular weight is 301 g/mol. The predicted octanol–water partition coefficient (Wildman–Crippen LogP) is 3.60. The van der Waals surface area contributed by atoms with Crippen LogP contribution in [0.25, 0.3) is 11.4 Å². The largest absolute Gasteiger partial charge is 0.345 e. The summed E-state index contributed by atoms with van der Waals surface area (Å²) in [6.45, 7) is 4.56. The molecule has 0 saturated carbocycles. The van der Waals surface area contributed by atoms with Gasteiger partial charge in [0.15, 0.2) is 0 Å². The second-order valence-corrected chi connectivity index (χ2v) is 4.23. The van der Waals surface area contributed by atoms with Crippen LogP contribution in [0.5, 0.6) is 0 Å². The Labute approximate surface area is 120 Å². The first-order chi connectivity index (χ1) is 9.65. The molecule has 5 nitrogen and oxygen atoms in total. The number of rotatable bonds is 6. The highest BCUT2D eigenvalue weighted by Gasteiger charge is 2.21. The van der Waals surface area contributed by atoms with Gasteiger partial charge in [-0.15, -0.1) is 0 Å². The number of nitrogens with zero attached hydrogens (tertiary/aromatic N) is 2. The number of halogens is 2. The molecule has 0 N–H and O–H groups in total. The molecule has 0 fully saturated rings. The number of ether oxygens (including phenoxy) is 2. The minimum atomic E-state index is -0.717. The third kappa shape index (κ3) is 3.33. The van der Waals surface area contributed by atoms with Crippen molar-refractivity contribution < 1.29 is 18.4 Å². The van der Waals surface area contributed by atoms with Gasteiger partial charge in [0.25, 0.3) is 5.89 Å². The Morgan fingerprint density at radius 3 is 2.60 bits per heavy atom. The van der Waals surface area contributed by atoms with Crippen LogP contribution >= 0.6 is 11.6 Å². The van der Waals surface area contributed by atoms with Gasteiger partial charge in [-0.3, -0.25) is 0 Å². The molecule has 2 aromatic rings. The zero-order valence-electron chi connectivity index (χ0n) is 11.1. The van der Waals surface area contributed by atoms with Gasteiger partial charge in [0.05, 0.1) is 5.02 Å². The molecular weight excluding hydrogens is 287 g/mol. The highest BCUT2D eigenvalue weighted by molar-refractivity contribution is 6.33. The van der Waals surface area contributed by atoms with Crippen molar-refractivity contribution in [3.05, 3.63) is 34.9 Å². The summed E-state index contributed by atoms with van der Waals surface area (Å²) in [5, 5.41) is 4.02. The van der Waals surface area contributed by atoms with Crippen molar-refractivity contribution >= 4 is 11.6 Å². The van der Waals surface area contributed by atoms with Crippen LogP contribution in [0.4, 0.5) is 4.39 Å². The number of aromatic nitrogens is 2. The first kappa shape index (κ1) is 14.9. The van der Waals surface area contributed by atoms with Gasteiger partial charge >= 0.3 is 0 Å². The normalized spacial score (nSPS) is 11.2. The summed E-state index contributed by atoms with van der Waals surface area (Å²) in [6.07, 6.45) is -0.717. The van der Waals surface area contributed by atoms with E-state index in [0.717, 1.165) is 0 Å². The second kappa shape index (κ2) is 6.78. The number of hydrogen-bond acceptors (Lipinski definition) is 5. The molecule has 7 heteroatoms. The van der Waals surface area contributed by atoms with E-state index in [1.807, 2.05) is 13.8 Å². The Hall–Kier alpha value is -1.50. The Balaban J connectivity index is 2.27. The quantitative estimate of drug-likeness (QED) is 0.763. The third-order valence-corrected chi connectivity index (χ3v) is 2.76. The van der Waals surface area contributed by atoms with Gasteiger partial charge < -0.3 is 14.0 Å². The lowest BCUT2D eigenvalue weighted by molar-refractivity contribution is -0.155. The number of benzene rings is 1. The molecule has 2 rings (SSSR count). The van der Waals surface area contributed by atoms with E-state index in [2.05, 4.69) is 10.1 Å². The minimum absolute atomic E-state index is 0.198. The monoisotopic (exact) mass is 300 g/mol. The molecule has 0 spiro atoms. The van der Waals surface area contributed by atoms with Crippen molar-refractivity contribution in [1.29, 1.82) is 0 Å². The highest BCUT2D eigenvalue weighted by Crippen LogP contribution is 2.28.